The van der Waals surface area contributed by atoms with Gasteiger partial charge in [0.15, 0.2) is 0 Å². The second-order valence-corrected chi connectivity index (χ2v) is 12.8. The molecule has 28 heavy (non-hydrogen) atoms. The first-order valence-electron chi connectivity index (χ1n) is 12.5. The fourth-order valence-corrected chi connectivity index (χ4v) is 7.29. The van der Waals surface area contributed by atoms with E-state index in [1.54, 1.807) is 0 Å². The average molecular weight is 597 g/mol. The van der Waals surface area contributed by atoms with Crippen molar-refractivity contribution >= 4 is 23.1 Å². The third-order valence-electron chi connectivity index (χ3n) is 5.08. The van der Waals surface area contributed by atoms with Crippen LogP contribution in [0.3, 0.4) is 0 Å². The zero-order valence-electron chi connectivity index (χ0n) is 19.5. The molecule has 0 aliphatic rings. The molecule has 0 bridgehead atoms. The van der Waals surface area contributed by atoms with E-state index in [1.165, 1.54) is 96.3 Å². The second kappa shape index (κ2) is 25.8. The molecular weight excluding hydrogens is 545 g/mol. The topological polar surface area (TPSA) is 27.7 Å². The van der Waals surface area contributed by atoms with Gasteiger partial charge in [-0.2, -0.15) is 0 Å². The van der Waals surface area contributed by atoms with Crippen LogP contribution in [0, 0.1) is 0 Å². The van der Waals surface area contributed by atoms with Crippen molar-refractivity contribution in [3.8, 4) is 0 Å². The van der Waals surface area contributed by atoms with Gasteiger partial charge in [0.05, 0.1) is 0 Å². The molecule has 0 saturated carbocycles. The van der Waals surface area contributed by atoms with Crippen molar-refractivity contribution in [3.63, 3.8) is 0 Å². The third-order valence-corrected chi connectivity index (χ3v) is 9.67. The van der Waals surface area contributed by atoms with Gasteiger partial charge in [-0.05, 0) is 0 Å². The first-order valence-corrected chi connectivity index (χ1v) is 16.8. The van der Waals surface area contributed by atoms with Crippen LogP contribution in [0.15, 0.2) is 0 Å². The Morgan fingerprint density at radius 1 is 0.357 bits per heavy atom. The number of rotatable bonds is 24. The molecule has 0 radical (unpaired) electrons. The Hall–Kier alpha value is 0.763. The number of hydrogen-bond acceptors (Lipinski definition) is 3. The summed E-state index contributed by atoms with van der Waals surface area (Å²) in [5.41, 5.74) is 0. The normalized spacial score (nSPS) is 11.6. The van der Waals surface area contributed by atoms with Crippen LogP contribution >= 0.6 is 0 Å². The van der Waals surface area contributed by atoms with E-state index >= 15 is 0 Å². The minimum atomic E-state index is -2.62. The van der Waals surface area contributed by atoms with Gasteiger partial charge in [0, 0.05) is 0 Å². The molecule has 3 nitrogen and oxygen atoms in total. The Balaban J connectivity index is 3.80. The molecule has 0 unspecified atom stereocenters. The van der Waals surface area contributed by atoms with Crippen LogP contribution in [-0.4, -0.2) is 42.9 Å². The van der Waals surface area contributed by atoms with Gasteiger partial charge in [-0.3, -0.25) is 0 Å². The minimum absolute atomic E-state index is 0.844. The van der Waals surface area contributed by atoms with E-state index in [2.05, 4.69) is 20.8 Å². The summed E-state index contributed by atoms with van der Waals surface area (Å²) >= 11 is -2.62. The summed E-state index contributed by atoms with van der Waals surface area (Å²) in [6, 6.07) is 0. The van der Waals surface area contributed by atoms with Gasteiger partial charge in [0.2, 0.25) is 0 Å². The van der Waals surface area contributed by atoms with Crippen LogP contribution in [0.2, 0.25) is 0 Å². The Labute approximate surface area is 187 Å². The molecule has 0 atom stereocenters. The molecular formula is C24H51BiO3. The Morgan fingerprint density at radius 2 is 0.607 bits per heavy atom. The van der Waals surface area contributed by atoms with E-state index in [-0.39, 0.29) is 0 Å². The summed E-state index contributed by atoms with van der Waals surface area (Å²) in [4.78, 5) is 0. The third kappa shape index (κ3) is 23.0. The van der Waals surface area contributed by atoms with Crippen molar-refractivity contribution in [1.29, 1.82) is 0 Å². The van der Waals surface area contributed by atoms with Crippen molar-refractivity contribution < 1.29 is 8.44 Å². The summed E-state index contributed by atoms with van der Waals surface area (Å²) in [5.74, 6) is 0. The molecule has 0 rings (SSSR count). The zero-order valence-corrected chi connectivity index (χ0v) is 23.0. The standard InChI is InChI=1S/3C8H17O.Bi/c3*1-2-3-4-5-6-7-8-9;/h3*2-8H2,1H3;/q3*-1;+3. The van der Waals surface area contributed by atoms with Crippen LogP contribution in [0.1, 0.15) is 136 Å². The molecule has 0 heterocycles. The van der Waals surface area contributed by atoms with Gasteiger partial charge in [-0.15, -0.1) is 0 Å². The fourth-order valence-electron chi connectivity index (χ4n) is 3.18. The molecule has 0 saturated heterocycles. The van der Waals surface area contributed by atoms with Crippen LogP contribution in [0.4, 0.5) is 0 Å². The molecule has 0 aromatic rings. The molecule has 0 aliphatic carbocycles. The maximum atomic E-state index is 6.10. The SMILES string of the molecule is CCCCCCCC[O][Bi]([O]CCCCCCCC)[O]CCCCCCCC. The van der Waals surface area contributed by atoms with Gasteiger partial charge in [0.1, 0.15) is 0 Å². The molecule has 0 spiro atoms. The summed E-state index contributed by atoms with van der Waals surface area (Å²) in [6.07, 6.45) is 23.5. The molecule has 0 N–H and O–H groups in total. The molecule has 170 valence electrons. The number of unbranched alkanes of at least 4 members (excludes halogenated alkanes) is 15. The summed E-state index contributed by atoms with van der Waals surface area (Å²) in [7, 11) is 0. The average Bonchev–Trinajstić information content (AvgIpc) is 2.71. The monoisotopic (exact) mass is 596 g/mol. The summed E-state index contributed by atoms with van der Waals surface area (Å²) in [5, 5.41) is 0. The summed E-state index contributed by atoms with van der Waals surface area (Å²) in [6.45, 7) is 9.34. The van der Waals surface area contributed by atoms with Crippen molar-refractivity contribution in [3.05, 3.63) is 0 Å². The number of hydrogen-bond donors (Lipinski definition) is 0. The van der Waals surface area contributed by atoms with Crippen LogP contribution in [0.25, 0.3) is 0 Å². The molecule has 0 amide bonds. The molecule has 0 fully saturated rings. The van der Waals surface area contributed by atoms with Gasteiger partial charge in [0.25, 0.3) is 0 Å². The molecule has 0 aromatic heterocycles. The second-order valence-electron chi connectivity index (χ2n) is 8.03. The predicted molar refractivity (Wildman–Crippen MR) is 124 cm³/mol. The Kier molecular flexibility index (Phi) is 26.5. The molecule has 0 aromatic carbocycles. The Bertz CT molecular complexity index is 234. The van der Waals surface area contributed by atoms with Crippen molar-refractivity contribution in [2.45, 2.75) is 136 Å². The first kappa shape index (κ1) is 28.8. The molecule has 0 aliphatic heterocycles. The Morgan fingerprint density at radius 3 is 0.893 bits per heavy atom. The van der Waals surface area contributed by atoms with Crippen LogP contribution in [0.5, 0.6) is 0 Å². The van der Waals surface area contributed by atoms with Crippen molar-refractivity contribution in [1.82, 2.24) is 0 Å². The van der Waals surface area contributed by atoms with E-state index in [4.69, 9.17) is 8.44 Å². The van der Waals surface area contributed by atoms with Gasteiger partial charge >= 0.3 is 188 Å². The maximum absolute atomic E-state index is 6.10. The first-order chi connectivity index (χ1) is 13.8. The van der Waals surface area contributed by atoms with Gasteiger partial charge < -0.3 is 0 Å². The van der Waals surface area contributed by atoms with E-state index in [9.17, 15) is 0 Å². The van der Waals surface area contributed by atoms with E-state index in [1.807, 2.05) is 0 Å². The van der Waals surface area contributed by atoms with Crippen molar-refractivity contribution in [2.75, 3.05) is 19.8 Å². The predicted octanol–water partition coefficient (Wildman–Crippen LogP) is 8.10. The van der Waals surface area contributed by atoms with Gasteiger partial charge in [-0.25, -0.2) is 0 Å². The summed E-state index contributed by atoms with van der Waals surface area (Å²) < 4.78 is 18.3. The quantitative estimate of drug-likeness (QED) is 0.0833. The van der Waals surface area contributed by atoms with Gasteiger partial charge in [-0.1, -0.05) is 0 Å². The fraction of sp³-hybridized carbons (Fsp3) is 1.00. The zero-order chi connectivity index (χ0) is 20.5. The van der Waals surface area contributed by atoms with E-state index < -0.39 is 23.1 Å². The molecule has 4 heteroatoms. The van der Waals surface area contributed by atoms with E-state index in [0.29, 0.717) is 0 Å². The van der Waals surface area contributed by atoms with E-state index in [0.717, 1.165) is 39.1 Å². The van der Waals surface area contributed by atoms with Crippen LogP contribution < -0.4 is 0 Å². The van der Waals surface area contributed by atoms with Crippen LogP contribution in [-0.2, 0) is 8.44 Å². The van der Waals surface area contributed by atoms with Crippen molar-refractivity contribution in [2.24, 2.45) is 0 Å².